The van der Waals surface area contributed by atoms with Crippen molar-refractivity contribution in [1.29, 1.82) is 0 Å². The predicted octanol–water partition coefficient (Wildman–Crippen LogP) is 3.08. The third kappa shape index (κ3) is 2.99. The van der Waals surface area contributed by atoms with Gasteiger partial charge in [-0.1, -0.05) is 43.7 Å². The fourth-order valence-electron chi connectivity index (χ4n) is 4.34. The molecule has 1 aromatic rings. The maximum absolute atomic E-state index is 12.5. The van der Waals surface area contributed by atoms with E-state index in [9.17, 15) is 14.7 Å². The van der Waals surface area contributed by atoms with Gasteiger partial charge in [-0.3, -0.25) is 4.79 Å². The van der Waals surface area contributed by atoms with E-state index in [0.717, 1.165) is 19.3 Å². The summed E-state index contributed by atoms with van der Waals surface area (Å²) in [5.41, 5.74) is 0.515. The van der Waals surface area contributed by atoms with Crippen molar-refractivity contribution in [3.05, 3.63) is 35.9 Å². The van der Waals surface area contributed by atoms with Crippen molar-refractivity contribution in [2.24, 2.45) is 11.3 Å². The minimum atomic E-state index is -0.740. The molecular weight excluding hydrogens is 304 g/mol. The fourth-order valence-corrected chi connectivity index (χ4v) is 4.34. The highest BCUT2D eigenvalue weighted by atomic mass is 16.4. The van der Waals surface area contributed by atoms with E-state index in [2.05, 4.69) is 24.4 Å². The Bertz CT molecular complexity index is 604. The Hall–Kier alpha value is -2.04. The summed E-state index contributed by atoms with van der Waals surface area (Å²) in [4.78, 5) is 25.9. The van der Waals surface area contributed by atoms with Crippen LogP contribution in [0.1, 0.15) is 44.1 Å². The van der Waals surface area contributed by atoms with Gasteiger partial charge in [0.05, 0.1) is 5.41 Å². The number of nitrogens with zero attached hydrogens (tertiary/aromatic N) is 1. The summed E-state index contributed by atoms with van der Waals surface area (Å²) in [6, 6.07) is 10.1. The van der Waals surface area contributed by atoms with Crippen molar-refractivity contribution in [3.8, 4) is 0 Å². The van der Waals surface area contributed by atoms with Crippen LogP contribution in [0.3, 0.4) is 0 Å². The van der Waals surface area contributed by atoms with E-state index in [1.807, 2.05) is 18.2 Å². The van der Waals surface area contributed by atoms with E-state index >= 15 is 0 Å². The number of carbonyl (C=O) groups excluding carboxylic acids is 1. The second-order valence-electron chi connectivity index (χ2n) is 7.13. The van der Waals surface area contributed by atoms with E-state index in [1.54, 1.807) is 4.90 Å². The minimum Gasteiger partial charge on any atom is -0.481 e. The summed E-state index contributed by atoms with van der Waals surface area (Å²) < 4.78 is 0. The highest BCUT2D eigenvalue weighted by Gasteiger charge is 2.55. The van der Waals surface area contributed by atoms with Crippen molar-refractivity contribution in [3.63, 3.8) is 0 Å². The van der Waals surface area contributed by atoms with E-state index in [0.29, 0.717) is 26.1 Å². The number of nitrogens with one attached hydrogen (secondary N) is 1. The second kappa shape index (κ2) is 6.83. The first-order chi connectivity index (χ1) is 11.6. The van der Waals surface area contributed by atoms with Gasteiger partial charge < -0.3 is 15.3 Å². The molecule has 0 aromatic heterocycles. The number of rotatable bonds is 5. The normalized spacial score (nSPS) is 26.9. The number of fused-ring (bicyclic) bond motifs is 1. The number of hydrogen-bond acceptors (Lipinski definition) is 2. The van der Waals surface area contributed by atoms with E-state index in [1.165, 1.54) is 5.56 Å². The second-order valence-corrected chi connectivity index (χ2v) is 7.13. The lowest BCUT2D eigenvalue weighted by Crippen LogP contribution is -2.42. The van der Waals surface area contributed by atoms with Crippen LogP contribution < -0.4 is 5.32 Å². The maximum atomic E-state index is 12.5. The summed E-state index contributed by atoms with van der Waals surface area (Å²) >= 11 is 0. The molecule has 0 bridgehead atoms. The molecule has 1 unspecified atom stereocenters. The standard InChI is InChI=1S/C19H26N2O3/c1-2-14(15-7-4-3-5-8-15)11-20-18(24)21-12-16-9-6-10-19(16,13-21)17(22)23/h3-5,7-8,14,16H,2,6,9-13H2,1H3,(H,20,24)(H,22,23)/t14?,16-,19+/m0/s1. The van der Waals surface area contributed by atoms with Crippen LogP contribution in [0.4, 0.5) is 4.79 Å². The first kappa shape index (κ1) is 16.8. The van der Waals surface area contributed by atoms with Gasteiger partial charge >= 0.3 is 12.0 Å². The highest BCUT2D eigenvalue weighted by Crippen LogP contribution is 2.48. The molecule has 5 nitrogen and oxygen atoms in total. The molecule has 1 saturated heterocycles. The lowest BCUT2D eigenvalue weighted by atomic mass is 9.81. The van der Waals surface area contributed by atoms with Crippen LogP contribution in [0.25, 0.3) is 0 Å². The van der Waals surface area contributed by atoms with Gasteiger partial charge in [0.1, 0.15) is 0 Å². The van der Waals surface area contributed by atoms with Gasteiger partial charge in [-0.25, -0.2) is 4.79 Å². The van der Waals surface area contributed by atoms with Crippen molar-refractivity contribution in [2.45, 2.75) is 38.5 Å². The van der Waals surface area contributed by atoms with Gasteiger partial charge in [0.15, 0.2) is 0 Å². The zero-order valence-corrected chi connectivity index (χ0v) is 14.2. The highest BCUT2D eigenvalue weighted by molar-refractivity contribution is 5.80. The number of aliphatic carboxylic acids is 1. The molecule has 0 spiro atoms. The largest absolute Gasteiger partial charge is 0.481 e. The SMILES string of the molecule is CCC(CNC(=O)N1C[C@@H]2CCC[C@@]2(C(=O)O)C1)c1ccccc1. The summed E-state index contributed by atoms with van der Waals surface area (Å²) in [6.07, 6.45) is 3.51. The average molecular weight is 330 g/mol. The Kier molecular flexibility index (Phi) is 4.78. The fraction of sp³-hybridized carbons (Fsp3) is 0.579. The van der Waals surface area contributed by atoms with Crippen molar-refractivity contribution < 1.29 is 14.7 Å². The van der Waals surface area contributed by atoms with Gasteiger partial charge in [-0.2, -0.15) is 0 Å². The van der Waals surface area contributed by atoms with Crippen LogP contribution in [0, 0.1) is 11.3 Å². The number of amides is 2. The number of benzene rings is 1. The number of carbonyl (C=O) groups is 2. The number of carboxylic acid groups (broad SMARTS) is 1. The maximum Gasteiger partial charge on any atom is 0.317 e. The van der Waals surface area contributed by atoms with Gasteiger partial charge in [0.25, 0.3) is 0 Å². The summed E-state index contributed by atoms with van der Waals surface area (Å²) in [7, 11) is 0. The number of carboxylic acids is 1. The van der Waals surface area contributed by atoms with E-state index in [4.69, 9.17) is 0 Å². The molecule has 2 aliphatic rings. The zero-order valence-electron chi connectivity index (χ0n) is 14.2. The number of urea groups is 1. The third-order valence-electron chi connectivity index (χ3n) is 5.85. The van der Waals surface area contributed by atoms with Gasteiger partial charge in [0.2, 0.25) is 0 Å². The zero-order chi connectivity index (χ0) is 17.2. The van der Waals surface area contributed by atoms with Crippen LogP contribution in [-0.4, -0.2) is 41.6 Å². The molecule has 2 amide bonds. The third-order valence-corrected chi connectivity index (χ3v) is 5.85. The molecule has 24 heavy (non-hydrogen) atoms. The Balaban J connectivity index is 1.59. The lowest BCUT2D eigenvalue weighted by Gasteiger charge is -2.24. The molecule has 130 valence electrons. The first-order valence-electron chi connectivity index (χ1n) is 8.88. The molecule has 3 rings (SSSR count). The van der Waals surface area contributed by atoms with Crippen LogP contribution in [-0.2, 0) is 4.79 Å². The molecule has 2 fully saturated rings. The molecule has 1 aliphatic heterocycles. The van der Waals surface area contributed by atoms with E-state index < -0.39 is 11.4 Å². The Morgan fingerprint density at radius 2 is 2.12 bits per heavy atom. The molecule has 5 heteroatoms. The van der Waals surface area contributed by atoms with Gasteiger partial charge in [0, 0.05) is 25.6 Å². The molecule has 1 aliphatic carbocycles. The van der Waals surface area contributed by atoms with Crippen molar-refractivity contribution >= 4 is 12.0 Å². The lowest BCUT2D eigenvalue weighted by molar-refractivity contribution is -0.149. The van der Waals surface area contributed by atoms with Crippen LogP contribution in [0.2, 0.25) is 0 Å². The molecular formula is C19H26N2O3. The molecule has 3 atom stereocenters. The minimum absolute atomic E-state index is 0.108. The van der Waals surface area contributed by atoms with Crippen molar-refractivity contribution in [1.82, 2.24) is 10.2 Å². The van der Waals surface area contributed by atoms with Crippen LogP contribution >= 0.6 is 0 Å². The Morgan fingerprint density at radius 3 is 2.75 bits per heavy atom. The van der Waals surface area contributed by atoms with E-state index in [-0.39, 0.29) is 17.9 Å². The van der Waals surface area contributed by atoms with Crippen LogP contribution in [0.15, 0.2) is 30.3 Å². The van der Waals surface area contributed by atoms with Crippen LogP contribution in [0.5, 0.6) is 0 Å². The quantitative estimate of drug-likeness (QED) is 0.871. The Morgan fingerprint density at radius 1 is 1.38 bits per heavy atom. The summed E-state index contributed by atoms with van der Waals surface area (Å²) in [5.74, 6) is -0.349. The molecule has 2 N–H and O–H groups in total. The average Bonchev–Trinajstić information content (AvgIpc) is 3.14. The van der Waals surface area contributed by atoms with Gasteiger partial charge in [-0.15, -0.1) is 0 Å². The predicted molar refractivity (Wildman–Crippen MR) is 91.9 cm³/mol. The molecule has 1 aromatic carbocycles. The Labute approximate surface area is 143 Å². The number of likely N-dealkylation sites (tertiary alicyclic amines) is 1. The number of hydrogen-bond donors (Lipinski definition) is 2. The molecule has 0 radical (unpaired) electrons. The smallest absolute Gasteiger partial charge is 0.317 e. The van der Waals surface area contributed by atoms with Crippen molar-refractivity contribution in [2.75, 3.05) is 19.6 Å². The summed E-state index contributed by atoms with van der Waals surface area (Å²) in [6.45, 7) is 3.62. The molecule has 1 saturated carbocycles. The van der Waals surface area contributed by atoms with Gasteiger partial charge in [-0.05, 0) is 30.7 Å². The topological polar surface area (TPSA) is 69.6 Å². The summed E-state index contributed by atoms with van der Waals surface area (Å²) in [5, 5.41) is 12.6. The monoisotopic (exact) mass is 330 g/mol. The first-order valence-corrected chi connectivity index (χ1v) is 8.88. The molecule has 1 heterocycles.